The second-order valence-corrected chi connectivity index (χ2v) is 3.58. The molecule has 1 amide bonds. The second-order valence-electron chi connectivity index (χ2n) is 3.58. The van der Waals surface area contributed by atoms with Gasteiger partial charge in [0.1, 0.15) is 0 Å². The summed E-state index contributed by atoms with van der Waals surface area (Å²) in [6.07, 6.45) is 3.09. The zero-order valence-electron chi connectivity index (χ0n) is 7.12. The van der Waals surface area contributed by atoms with E-state index in [9.17, 15) is 4.79 Å². The van der Waals surface area contributed by atoms with Crippen LogP contribution in [0.25, 0.3) is 0 Å². The van der Waals surface area contributed by atoms with Crippen LogP contribution in [0.15, 0.2) is 0 Å². The van der Waals surface area contributed by atoms with Crippen LogP contribution in [-0.2, 0) is 4.79 Å². The highest BCUT2D eigenvalue weighted by molar-refractivity contribution is 5.83. The molecule has 0 bridgehead atoms. The fourth-order valence-electron chi connectivity index (χ4n) is 2.15. The molecule has 12 heavy (non-hydrogen) atoms. The Morgan fingerprint density at radius 1 is 1.67 bits per heavy atom. The van der Waals surface area contributed by atoms with Gasteiger partial charge < -0.3 is 11.1 Å². The number of carbonyl (C=O) groups is 1. The van der Waals surface area contributed by atoms with Crippen molar-refractivity contribution >= 4 is 5.91 Å². The van der Waals surface area contributed by atoms with E-state index in [0.717, 1.165) is 6.54 Å². The Balaban J connectivity index is 1.90. The topological polar surface area (TPSA) is 58.4 Å². The summed E-state index contributed by atoms with van der Waals surface area (Å²) in [5, 5.41) is 2.91. The Bertz CT molecular complexity index is 187. The molecular weight excluding hydrogens is 154 g/mol. The van der Waals surface area contributed by atoms with Gasteiger partial charge in [-0.1, -0.05) is 0 Å². The average Bonchev–Trinajstić information content (AvgIpc) is 2.45. The van der Waals surface area contributed by atoms with Gasteiger partial charge in [-0.3, -0.25) is 9.69 Å². The Kier molecular flexibility index (Phi) is 2.02. The van der Waals surface area contributed by atoms with Gasteiger partial charge in [-0.2, -0.15) is 0 Å². The van der Waals surface area contributed by atoms with Crippen molar-refractivity contribution in [3.8, 4) is 0 Å². The molecule has 0 aliphatic carbocycles. The number of amides is 1. The molecule has 0 aromatic carbocycles. The molecular formula is C8H15N3O. The predicted molar refractivity (Wildman–Crippen MR) is 45.3 cm³/mol. The zero-order chi connectivity index (χ0) is 8.55. The third-order valence-electron chi connectivity index (χ3n) is 2.86. The van der Waals surface area contributed by atoms with E-state index in [4.69, 9.17) is 5.73 Å². The summed E-state index contributed by atoms with van der Waals surface area (Å²) in [7, 11) is 0. The molecule has 2 heterocycles. The first-order valence-electron chi connectivity index (χ1n) is 4.55. The first kappa shape index (κ1) is 8.01. The van der Waals surface area contributed by atoms with Crippen molar-refractivity contribution in [3.63, 3.8) is 0 Å². The van der Waals surface area contributed by atoms with Crippen LogP contribution in [0.1, 0.15) is 19.3 Å². The summed E-state index contributed by atoms with van der Waals surface area (Å²) in [5.41, 5.74) is 5.59. The van der Waals surface area contributed by atoms with Crippen LogP contribution < -0.4 is 11.1 Å². The maximum absolute atomic E-state index is 10.7. The molecule has 2 aliphatic rings. The smallest absolute Gasteiger partial charge is 0.222 e. The van der Waals surface area contributed by atoms with Crippen LogP contribution in [-0.4, -0.2) is 36.1 Å². The number of hydrogen-bond acceptors (Lipinski definition) is 3. The van der Waals surface area contributed by atoms with Gasteiger partial charge in [0.05, 0.1) is 6.04 Å². The minimum absolute atomic E-state index is 0.184. The maximum atomic E-state index is 10.7. The summed E-state index contributed by atoms with van der Waals surface area (Å²) >= 11 is 0. The van der Waals surface area contributed by atoms with Gasteiger partial charge in [0, 0.05) is 19.1 Å². The molecule has 2 aliphatic heterocycles. The summed E-state index contributed by atoms with van der Waals surface area (Å²) in [6, 6.07) is 0.885. The predicted octanol–water partition coefficient (Wildman–Crippen LogP) is -0.745. The highest BCUT2D eigenvalue weighted by atomic mass is 16.2. The van der Waals surface area contributed by atoms with Crippen LogP contribution in [0.2, 0.25) is 0 Å². The van der Waals surface area contributed by atoms with Crippen molar-refractivity contribution < 1.29 is 4.79 Å². The van der Waals surface area contributed by atoms with Crippen molar-refractivity contribution in [2.24, 2.45) is 5.73 Å². The number of hydrogen-bond donors (Lipinski definition) is 2. The van der Waals surface area contributed by atoms with E-state index < -0.39 is 0 Å². The second kappa shape index (κ2) is 3.03. The third-order valence-corrected chi connectivity index (χ3v) is 2.86. The first-order valence-corrected chi connectivity index (χ1v) is 4.55. The molecule has 4 heteroatoms. The number of carbonyl (C=O) groups excluding carboxylic acids is 1. The van der Waals surface area contributed by atoms with E-state index >= 15 is 0 Å². The van der Waals surface area contributed by atoms with Crippen LogP contribution in [0.4, 0.5) is 0 Å². The summed E-state index contributed by atoms with van der Waals surface area (Å²) in [6.45, 7) is 1.71. The van der Waals surface area contributed by atoms with Crippen LogP contribution >= 0.6 is 0 Å². The number of nitrogens with one attached hydrogen (secondary N) is 1. The number of β-lactam (4-membered cyclic amide) rings is 1. The molecule has 2 rings (SSSR count). The van der Waals surface area contributed by atoms with Crippen LogP contribution in [0, 0.1) is 0 Å². The van der Waals surface area contributed by atoms with Crippen molar-refractivity contribution in [2.45, 2.75) is 31.3 Å². The maximum Gasteiger partial charge on any atom is 0.222 e. The van der Waals surface area contributed by atoms with Gasteiger partial charge in [0.15, 0.2) is 0 Å². The molecule has 2 saturated heterocycles. The van der Waals surface area contributed by atoms with E-state index in [0.29, 0.717) is 25.2 Å². The minimum Gasteiger partial charge on any atom is -0.351 e. The molecule has 0 radical (unpaired) electrons. The lowest BCUT2D eigenvalue weighted by atomic mass is 9.96. The summed E-state index contributed by atoms with van der Waals surface area (Å²) in [4.78, 5) is 13.0. The Morgan fingerprint density at radius 2 is 2.42 bits per heavy atom. The highest BCUT2D eigenvalue weighted by Gasteiger charge is 2.37. The number of nitrogens with two attached hydrogens (primary N) is 1. The summed E-state index contributed by atoms with van der Waals surface area (Å²) in [5.74, 6) is 0.184. The van der Waals surface area contributed by atoms with Gasteiger partial charge in [-0.15, -0.1) is 0 Å². The molecule has 68 valence electrons. The molecule has 0 aromatic heterocycles. The van der Waals surface area contributed by atoms with E-state index in [-0.39, 0.29) is 5.91 Å². The largest absolute Gasteiger partial charge is 0.351 e. The molecule has 2 unspecified atom stereocenters. The van der Waals surface area contributed by atoms with Gasteiger partial charge in [-0.25, -0.2) is 0 Å². The molecule has 4 nitrogen and oxygen atoms in total. The Hall–Kier alpha value is -0.610. The monoisotopic (exact) mass is 169 g/mol. The number of nitrogens with zero attached hydrogens (tertiary/aromatic N) is 1. The highest BCUT2D eigenvalue weighted by Crippen LogP contribution is 2.23. The van der Waals surface area contributed by atoms with Crippen molar-refractivity contribution in [1.82, 2.24) is 10.2 Å². The third kappa shape index (κ3) is 1.21. The summed E-state index contributed by atoms with van der Waals surface area (Å²) < 4.78 is 0. The first-order chi connectivity index (χ1) is 5.81. The van der Waals surface area contributed by atoms with E-state index in [2.05, 4.69) is 10.2 Å². The Morgan fingerprint density at radius 3 is 3.00 bits per heavy atom. The average molecular weight is 169 g/mol. The van der Waals surface area contributed by atoms with E-state index in [1.807, 2.05) is 0 Å². The quantitative estimate of drug-likeness (QED) is 0.535. The standard InChI is InChI=1S/C8H15N3O/c9-5-11-3-1-2-7(11)6-4-8(12)10-6/h6-7H,1-5,9H2,(H,10,12). The molecule has 0 saturated carbocycles. The zero-order valence-corrected chi connectivity index (χ0v) is 7.12. The van der Waals surface area contributed by atoms with Gasteiger partial charge in [-0.05, 0) is 19.4 Å². The Labute approximate surface area is 72.1 Å². The van der Waals surface area contributed by atoms with Crippen LogP contribution in [0.5, 0.6) is 0 Å². The molecule has 0 aromatic rings. The lowest BCUT2D eigenvalue weighted by Crippen LogP contribution is -2.59. The fourth-order valence-corrected chi connectivity index (χ4v) is 2.15. The molecule has 0 spiro atoms. The van der Waals surface area contributed by atoms with E-state index in [1.165, 1.54) is 12.8 Å². The van der Waals surface area contributed by atoms with E-state index in [1.54, 1.807) is 0 Å². The van der Waals surface area contributed by atoms with Gasteiger partial charge >= 0.3 is 0 Å². The molecule has 2 atom stereocenters. The fraction of sp³-hybridized carbons (Fsp3) is 0.875. The van der Waals surface area contributed by atoms with Crippen molar-refractivity contribution in [1.29, 1.82) is 0 Å². The molecule has 3 N–H and O–H groups in total. The lowest BCUT2D eigenvalue weighted by Gasteiger charge is -2.36. The van der Waals surface area contributed by atoms with Crippen LogP contribution in [0.3, 0.4) is 0 Å². The van der Waals surface area contributed by atoms with Crippen molar-refractivity contribution in [2.75, 3.05) is 13.2 Å². The number of rotatable bonds is 2. The number of likely N-dealkylation sites (tertiary alicyclic amines) is 1. The SMILES string of the molecule is NCN1CCCC1C1CC(=O)N1. The minimum atomic E-state index is 0.184. The lowest BCUT2D eigenvalue weighted by molar-refractivity contribution is -0.129. The normalized spacial score (nSPS) is 36.2. The molecule has 2 fully saturated rings. The van der Waals surface area contributed by atoms with Gasteiger partial charge in [0.25, 0.3) is 0 Å². The van der Waals surface area contributed by atoms with Crippen molar-refractivity contribution in [3.05, 3.63) is 0 Å². The van der Waals surface area contributed by atoms with Gasteiger partial charge in [0.2, 0.25) is 5.91 Å².